The van der Waals surface area contributed by atoms with Crippen LogP contribution in [0.2, 0.25) is 0 Å². The maximum Gasteiger partial charge on any atom is 0.0788 e. The van der Waals surface area contributed by atoms with Gasteiger partial charge in [0.2, 0.25) is 0 Å². The zero-order valence-electron chi connectivity index (χ0n) is 77.9. The van der Waals surface area contributed by atoms with E-state index in [0.717, 1.165) is 50.3 Å². The lowest BCUT2D eigenvalue weighted by Gasteiger charge is -2.32. The SMILES string of the molecule is c1ccc2c(c1)-c1ccccc1C21c2ccccc2-c2ccc(-n3c4ccccc4c4cc(-c5nc6ccccc6c6ccccc56)ccc43)cc21.c1ccc2c(c1)-c1ccccc1C21c2ccccc2-c2cccc(-n3c4ccccc4c4cc(-c5nc6ccccc6c6ccccc56)ccc43)c21.c1ccc2c(c1)nc(-c1ccc3c(c1)c1ccccc1n3-c1ccc3sc4ccccc4c3c1)c1ccccc12. The van der Waals surface area contributed by atoms with E-state index in [1.54, 1.807) is 0 Å². The third-order valence-corrected chi connectivity index (χ3v) is 32.9. The molecule has 6 nitrogen and oxygen atoms in total. The second-order valence-electron chi connectivity index (χ2n) is 38.8. The number of thiophene rings is 1. The summed E-state index contributed by atoms with van der Waals surface area (Å²) in [6, 6.07) is 182. The van der Waals surface area contributed by atoms with E-state index in [2.05, 4.69) is 511 Å². The van der Waals surface area contributed by atoms with Gasteiger partial charge in [-0.15, -0.1) is 11.3 Å². The number of pyridine rings is 3. The number of hydrogen-bond acceptors (Lipinski definition) is 4. The molecule has 0 N–H and O–H groups in total. The summed E-state index contributed by atoms with van der Waals surface area (Å²) in [4.78, 5) is 15.7. The monoisotopic (exact) mass is 1840 g/mol. The van der Waals surface area contributed by atoms with Crippen molar-refractivity contribution < 1.29 is 0 Å². The molecule has 0 atom stereocenters. The first-order chi connectivity index (χ1) is 71.5. The average Bonchev–Trinajstić information content (AvgIpc) is 1.51. The highest BCUT2D eigenvalue weighted by molar-refractivity contribution is 7.25. The summed E-state index contributed by atoms with van der Waals surface area (Å²) in [6.45, 7) is 0. The second-order valence-corrected chi connectivity index (χ2v) is 39.9. The third-order valence-electron chi connectivity index (χ3n) is 31.8. The van der Waals surface area contributed by atoms with Crippen molar-refractivity contribution >= 4 is 162 Å². The molecule has 0 aliphatic heterocycles. The first-order valence-corrected chi connectivity index (χ1v) is 50.5. The molecular formula is C137H82N6S. The van der Waals surface area contributed by atoms with Crippen molar-refractivity contribution in [2.24, 2.45) is 0 Å². The van der Waals surface area contributed by atoms with E-state index in [-0.39, 0.29) is 5.41 Å². The highest BCUT2D eigenvalue weighted by Gasteiger charge is 2.54. The molecule has 144 heavy (non-hydrogen) atoms. The number of benzene rings is 22. The Balaban J connectivity index is 0.0000000996. The van der Waals surface area contributed by atoms with Gasteiger partial charge >= 0.3 is 0 Å². The topological polar surface area (TPSA) is 53.5 Å². The first-order valence-electron chi connectivity index (χ1n) is 49.7. The minimum absolute atomic E-state index is 0.385. The summed E-state index contributed by atoms with van der Waals surface area (Å²) in [5.74, 6) is 0. The largest absolute Gasteiger partial charge is 0.309 e. The Bertz CT molecular complexity index is 10500. The van der Waals surface area contributed by atoms with Crippen molar-refractivity contribution in [2.75, 3.05) is 0 Å². The maximum absolute atomic E-state index is 5.28. The third kappa shape index (κ3) is 11.3. The van der Waals surface area contributed by atoms with Gasteiger partial charge in [0.15, 0.2) is 0 Å². The molecule has 29 aromatic rings. The van der Waals surface area contributed by atoms with Crippen LogP contribution in [0, 0.1) is 0 Å². The summed E-state index contributed by atoms with van der Waals surface area (Å²) in [5.41, 5.74) is 40.8. The van der Waals surface area contributed by atoms with Crippen molar-refractivity contribution in [1.29, 1.82) is 0 Å². The molecule has 2 spiro atoms. The van der Waals surface area contributed by atoms with Crippen molar-refractivity contribution in [1.82, 2.24) is 28.7 Å². The molecule has 4 aliphatic carbocycles. The zero-order valence-corrected chi connectivity index (χ0v) is 78.8. The second kappa shape index (κ2) is 31.0. The van der Waals surface area contributed by atoms with Crippen molar-refractivity contribution in [3.8, 4) is 95.3 Å². The molecule has 7 heteroatoms. The van der Waals surface area contributed by atoms with E-state index in [4.69, 9.17) is 15.0 Å². The van der Waals surface area contributed by atoms with Crippen molar-refractivity contribution in [3.05, 3.63) is 542 Å². The fourth-order valence-electron chi connectivity index (χ4n) is 25.9. The van der Waals surface area contributed by atoms with Gasteiger partial charge in [0, 0.05) is 118 Å². The van der Waals surface area contributed by atoms with E-state index in [1.165, 1.54) is 240 Å². The fourth-order valence-corrected chi connectivity index (χ4v) is 27.0. The Morgan fingerprint density at radius 3 is 0.882 bits per heavy atom. The Kier molecular flexibility index (Phi) is 17.3. The highest BCUT2D eigenvalue weighted by Crippen LogP contribution is 2.66. The van der Waals surface area contributed by atoms with Crippen LogP contribution in [0.3, 0.4) is 0 Å². The van der Waals surface area contributed by atoms with Gasteiger partial charge in [-0.1, -0.05) is 382 Å². The Morgan fingerprint density at radius 1 is 0.167 bits per heavy atom. The number of hydrogen-bond donors (Lipinski definition) is 0. The van der Waals surface area contributed by atoms with Crippen molar-refractivity contribution in [2.45, 2.75) is 10.8 Å². The quantitative estimate of drug-likeness (QED) is 0.156. The van der Waals surface area contributed by atoms with Crippen molar-refractivity contribution in [3.63, 3.8) is 0 Å². The predicted molar refractivity (Wildman–Crippen MR) is 603 cm³/mol. The van der Waals surface area contributed by atoms with Gasteiger partial charge in [-0.25, -0.2) is 15.0 Å². The predicted octanol–water partition coefficient (Wildman–Crippen LogP) is 35.5. The van der Waals surface area contributed by atoms with Gasteiger partial charge in [0.05, 0.1) is 83.2 Å². The Hall–Kier alpha value is -18.5. The van der Waals surface area contributed by atoms with E-state index in [1.807, 2.05) is 11.3 Å². The number of rotatable bonds is 6. The Morgan fingerprint density at radius 2 is 0.458 bits per heavy atom. The first kappa shape index (κ1) is 80.4. The molecule has 22 aromatic carbocycles. The fraction of sp³-hybridized carbons (Fsp3) is 0.0146. The molecule has 0 unspecified atom stereocenters. The smallest absolute Gasteiger partial charge is 0.0788 e. The van der Waals surface area contributed by atoms with Crippen LogP contribution in [0.25, 0.3) is 246 Å². The lowest BCUT2D eigenvalue weighted by Crippen LogP contribution is -2.27. The van der Waals surface area contributed by atoms with Crippen LogP contribution in [0.15, 0.2) is 497 Å². The lowest BCUT2D eigenvalue weighted by atomic mass is 9.70. The molecule has 4 aliphatic rings. The van der Waals surface area contributed by atoms with Gasteiger partial charge in [0.25, 0.3) is 0 Å². The van der Waals surface area contributed by atoms with Crippen LogP contribution in [0.4, 0.5) is 0 Å². The summed E-state index contributed by atoms with van der Waals surface area (Å²) >= 11 is 1.86. The highest BCUT2D eigenvalue weighted by atomic mass is 32.1. The Labute approximate surface area is 832 Å². The summed E-state index contributed by atoms with van der Waals surface area (Å²) in [6.07, 6.45) is 0. The van der Waals surface area contributed by atoms with Crippen LogP contribution >= 0.6 is 11.3 Å². The molecule has 33 rings (SSSR count). The van der Waals surface area contributed by atoms with Gasteiger partial charge in [-0.05, 0) is 215 Å². The summed E-state index contributed by atoms with van der Waals surface area (Å²) in [7, 11) is 0. The molecule has 0 saturated heterocycles. The van der Waals surface area contributed by atoms with E-state index in [9.17, 15) is 0 Å². The van der Waals surface area contributed by atoms with Crippen LogP contribution in [0.1, 0.15) is 44.5 Å². The number of para-hydroxylation sites is 6. The van der Waals surface area contributed by atoms with Gasteiger partial charge < -0.3 is 13.7 Å². The molecular weight excluding hydrogens is 1760 g/mol. The minimum Gasteiger partial charge on any atom is -0.309 e. The molecule has 0 amide bonds. The molecule has 0 radical (unpaired) electrons. The summed E-state index contributed by atoms with van der Waals surface area (Å²) < 4.78 is 10.0. The average molecular weight is 1840 g/mol. The van der Waals surface area contributed by atoms with Crippen LogP contribution in [0.5, 0.6) is 0 Å². The summed E-state index contributed by atoms with van der Waals surface area (Å²) in [5, 5.41) is 20.8. The normalized spacial score (nSPS) is 13.1. The standard InChI is InChI=1S/2C50H30N2.C37H22N2S/c1-2-20-39-32(14-1)36-18-6-11-25-44(36)51-49(39)31-28-29-46-40(30-31)37-19-7-12-26-45(37)52(46)47-27-13-21-38-35-17-5-10-24-43(35)50(48(38)47)41-22-8-3-15-33(41)34-16-4-9-23-42(34)50;1-2-19-40-33(13-1)38-17-6-11-23-46(38)51-49(40)31-25-28-48-41(29-31)39-18-7-12-24-47(39)52(48)32-26-27-37-36-16-5-10-22-44(36)50(45(37)30-32)42-20-8-3-14-34(42)35-15-4-9-21-43(35)50;1-2-13-29-25(9-1)26-10-3-6-14-32(26)38-37(29)23-17-19-34-30(21-23)27-11-4-7-15-33(27)39(34)24-18-20-36-31(22-24)28-12-5-8-16-35(28)40-36/h2*1-30H;1-22H. The minimum atomic E-state index is -0.443. The van der Waals surface area contributed by atoms with E-state index in [0.29, 0.717) is 0 Å². The molecule has 7 heterocycles. The van der Waals surface area contributed by atoms with Gasteiger partial charge in [-0.2, -0.15) is 0 Å². The molecule has 0 bridgehead atoms. The molecule has 0 fully saturated rings. The van der Waals surface area contributed by atoms with Crippen LogP contribution in [-0.4, -0.2) is 28.7 Å². The molecule has 7 aromatic heterocycles. The van der Waals surface area contributed by atoms with E-state index >= 15 is 0 Å². The zero-order chi connectivity index (χ0) is 94.1. The molecule has 0 saturated carbocycles. The van der Waals surface area contributed by atoms with Crippen LogP contribution in [-0.2, 0) is 10.8 Å². The van der Waals surface area contributed by atoms with E-state index < -0.39 is 5.41 Å². The molecule has 666 valence electrons. The van der Waals surface area contributed by atoms with Gasteiger partial charge in [0.1, 0.15) is 0 Å². The lowest BCUT2D eigenvalue weighted by molar-refractivity contribution is 0.786. The van der Waals surface area contributed by atoms with Gasteiger partial charge in [-0.3, -0.25) is 0 Å². The number of nitrogens with zero attached hydrogens (tertiary/aromatic N) is 6. The number of aromatic nitrogens is 6. The maximum atomic E-state index is 5.28. The van der Waals surface area contributed by atoms with Crippen LogP contribution < -0.4 is 0 Å². The number of fused-ring (bicyclic) bond motifs is 41.